The van der Waals surface area contributed by atoms with Crippen molar-refractivity contribution in [1.82, 2.24) is 0 Å². The van der Waals surface area contributed by atoms with Crippen LogP contribution >= 0.6 is 11.6 Å². The summed E-state index contributed by atoms with van der Waals surface area (Å²) in [4.78, 5) is 0. The van der Waals surface area contributed by atoms with Crippen molar-refractivity contribution in [2.75, 3.05) is 13.7 Å². The van der Waals surface area contributed by atoms with E-state index in [4.69, 9.17) is 27.8 Å². The Bertz CT molecular complexity index is 420. The molecule has 0 radical (unpaired) electrons. The molecule has 94 valence electrons. The second-order valence-corrected chi connectivity index (χ2v) is 4.89. The smallest absolute Gasteiger partial charge is 0.140 e. The molecule has 0 aliphatic heterocycles. The summed E-state index contributed by atoms with van der Waals surface area (Å²) in [5.74, 6) is 0.814. The number of methoxy groups -OCH3 is 1. The first-order chi connectivity index (χ1) is 8.19. The van der Waals surface area contributed by atoms with E-state index in [1.165, 1.54) is 24.0 Å². The summed E-state index contributed by atoms with van der Waals surface area (Å²) in [5, 5.41) is 0.645. The predicted octanol–water partition coefficient (Wildman–Crippen LogP) is 2.19. The lowest BCUT2D eigenvalue weighted by Crippen LogP contribution is -2.23. The molecule has 1 aliphatic rings. The third-order valence-corrected chi connectivity index (χ3v) is 3.73. The monoisotopic (exact) mass is 254 g/mol. The fourth-order valence-electron chi connectivity index (χ4n) is 2.59. The van der Waals surface area contributed by atoms with Gasteiger partial charge in [0.1, 0.15) is 5.75 Å². The molecule has 1 aliphatic carbocycles. The van der Waals surface area contributed by atoms with Gasteiger partial charge >= 0.3 is 0 Å². The summed E-state index contributed by atoms with van der Waals surface area (Å²) in [5.41, 5.74) is 15.3. The standard InChI is InChI=1S/C13H19ClN2O/c1-17-13-9-5-3-2-4-8(9)10(6-11(13)14)12(16)7-15/h6,12H,2-5,7,15-16H2,1H3. The molecule has 0 bridgehead atoms. The molecule has 17 heavy (non-hydrogen) atoms. The summed E-state index contributed by atoms with van der Waals surface area (Å²) in [6, 6.07) is 1.78. The molecule has 0 saturated heterocycles. The van der Waals surface area contributed by atoms with E-state index < -0.39 is 0 Å². The summed E-state index contributed by atoms with van der Waals surface area (Å²) in [6.45, 7) is 0.440. The zero-order valence-electron chi connectivity index (χ0n) is 10.1. The van der Waals surface area contributed by atoms with Crippen LogP contribution in [0.2, 0.25) is 5.02 Å². The van der Waals surface area contributed by atoms with Crippen LogP contribution in [-0.2, 0) is 12.8 Å². The second-order valence-electron chi connectivity index (χ2n) is 4.49. The minimum Gasteiger partial charge on any atom is -0.495 e. The van der Waals surface area contributed by atoms with Gasteiger partial charge in [-0.2, -0.15) is 0 Å². The number of rotatable bonds is 3. The average Bonchev–Trinajstić information content (AvgIpc) is 2.37. The Labute approximate surface area is 107 Å². The molecule has 3 nitrogen and oxygen atoms in total. The molecule has 1 aromatic carbocycles. The van der Waals surface area contributed by atoms with Gasteiger partial charge in [0.25, 0.3) is 0 Å². The highest BCUT2D eigenvalue weighted by Crippen LogP contribution is 2.39. The van der Waals surface area contributed by atoms with Gasteiger partial charge in [0.15, 0.2) is 0 Å². The molecule has 0 fully saturated rings. The topological polar surface area (TPSA) is 61.3 Å². The van der Waals surface area contributed by atoms with E-state index in [2.05, 4.69) is 0 Å². The maximum atomic E-state index is 6.25. The summed E-state index contributed by atoms with van der Waals surface area (Å²) < 4.78 is 5.41. The number of nitrogens with two attached hydrogens (primary N) is 2. The lowest BCUT2D eigenvalue weighted by atomic mass is 9.85. The van der Waals surface area contributed by atoms with Crippen LogP contribution in [0.3, 0.4) is 0 Å². The van der Waals surface area contributed by atoms with Gasteiger partial charge in [-0.05, 0) is 48.4 Å². The van der Waals surface area contributed by atoms with Gasteiger partial charge in [0, 0.05) is 12.6 Å². The van der Waals surface area contributed by atoms with Crippen LogP contribution in [0.5, 0.6) is 5.75 Å². The van der Waals surface area contributed by atoms with Crippen LogP contribution < -0.4 is 16.2 Å². The van der Waals surface area contributed by atoms with E-state index in [1.807, 2.05) is 6.07 Å². The van der Waals surface area contributed by atoms with E-state index in [-0.39, 0.29) is 6.04 Å². The molecule has 1 unspecified atom stereocenters. The highest BCUT2D eigenvalue weighted by atomic mass is 35.5. The second kappa shape index (κ2) is 5.25. The van der Waals surface area contributed by atoms with Gasteiger partial charge in [-0.15, -0.1) is 0 Å². The highest BCUT2D eigenvalue weighted by Gasteiger charge is 2.22. The van der Waals surface area contributed by atoms with Crippen molar-refractivity contribution in [1.29, 1.82) is 0 Å². The first-order valence-corrected chi connectivity index (χ1v) is 6.40. The zero-order valence-corrected chi connectivity index (χ0v) is 10.9. The Balaban J connectivity index is 2.58. The normalized spacial score (nSPS) is 16.5. The Kier molecular flexibility index (Phi) is 3.92. The molecule has 4 heteroatoms. The lowest BCUT2D eigenvalue weighted by Gasteiger charge is -2.25. The highest BCUT2D eigenvalue weighted by molar-refractivity contribution is 6.32. The number of hydrogen-bond acceptors (Lipinski definition) is 3. The Morgan fingerprint density at radius 3 is 2.59 bits per heavy atom. The molecule has 1 atom stereocenters. The fourth-order valence-corrected chi connectivity index (χ4v) is 2.90. The van der Waals surface area contributed by atoms with Crippen molar-refractivity contribution in [2.24, 2.45) is 11.5 Å². The van der Waals surface area contributed by atoms with Crippen LogP contribution in [0.1, 0.15) is 35.6 Å². The van der Waals surface area contributed by atoms with E-state index in [1.54, 1.807) is 7.11 Å². The first kappa shape index (κ1) is 12.7. The Hall–Kier alpha value is -0.770. The van der Waals surface area contributed by atoms with Crippen molar-refractivity contribution in [3.63, 3.8) is 0 Å². The quantitative estimate of drug-likeness (QED) is 0.869. The first-order valence-electron chi connectivity index (χ1n) is 6.02. The van der Waals surface area contributed by atoms with E-state index >= 15 is 0 Å². The Morgan fingerprint density at radius 1 is 1.35 bits per heavy atom. The minimum atomic E-state index is -0.134. The van der Waals surface area contributed by atoms with Crippen molar-refractivity contribution in [3.05, 3.63) is 27.8 Å². The van der Waals surface area contributed by atoms with Crippen molar-refractivity contribution in [3.8, 4) is 5.75 Å². The number of halogens is 1. The van der Waals surface area contributed by atoms with Crippen LogP contribution in [0.4, 0.5) is 0 Å². The van der Waals surface area contributed by atoms with E-state index in [0.29, 0.717) is 11.6 Å². The van der Waals surface area contributed by atoms with Crippen molar-refractivity contribution in [2.45, 2.75) is 31.7 Å². The predicted molar refractivity (Wildman–Crippen MR) is 70.6 cm³/mol. The maximum absolute atomic E-state index is 6.25. The summed E-state index contributed by atoms with van der Waals surface area (Å²) >= 11 is 6.25. The fraction of sp³-hybridized carbons (Fsp3) is 0.538. The maximum Gasteiger partial charge on any atom is 0.140 e. The van der Waals surface area contributed by atoms with Crippen molar-refractivity contribution >= 4 is 11.6 Å². The van der Waals surface area contributed by atoms with Crippen LogP contribution in [0.25, 0.3) is 0 Å². The number of ether oxygens (including phenoxy) is 1. The molecule has 0 amide bonds. The third kappa shape index (κ3) is 2.28. The van der Waals surface area contributed by atoms with Crippen LogP contribution in [-0.4, -0.2) is 13.7 Å². The molecular weight excluding hydrogens is 236 g/mol. The number of hydrogen-bond donors (Lipinski definition) is 2. The van der Waals surface area contributed by atoms with E-state index in [9.17, 15) is 0 Å². The van der Waals surface area contributed by atoms with Crippen molar-refractivity contribution < 1.29 is 4.74 Å². The van der Waals surface area contributed by atoms with Crippen LogP contribution in [0.15, 0.2) is 6.07 Å². The third-order valence-electron chi connectivity index (χ3n) is 3.45. The van der Waals surface area contributed by atoms with Gasteiger partial charge in [-0.25, -0.2) is 0 Å². The molecular formula is C13H19ClN2O. The molecule has 0 heterocycles. The molecule has 0 saturated carbocycles. The molecule has 0 aromatic heterocycles. The summed E-state index contributed by atoms with van der Waals surface area (Å²) in [7, 11) is 1.67. The molecule has 0 spiro atoms. The average molecular weight is 255 g/mol. The van der Waals surface area contributed by atoms with Gasteiger partial charge in [0.05, 0.1) is 12.1 Å². The number of benzene rings is 1. The SMILES string of the molecule is COc1c(Cl)cc(C(N)CN)c2c1CCCC2. The zero-order chi connectivity index (χ0) is 12.4. The van der Waals surface area contributed by atoms with Gasteiger partial charge in [0.2, 0.25) is 0 Å². The van der Waals surface area contributed by atoms with E-state index in [0.717, 1.165) is 24.2 Å². The van der Waals surface area contributed by atoms with Gasteiger partial charge < -0.3 is 16.2 Å². The lowest BCUT2D eigenvalue weighted by molar-refractivity contribution is 0.405. The number of fused-ring (bicyclic) bond motifs is 1. The molecule has 1 aromatic rings. The molecule has 2 rings (SSSR count). The van der Waals surface area contributed by atoms with Crippen LogP contribution in [0, 0.1) is 0 Å². The minimum absolute atomic E-state index is 0.134. The van der Waals surface area contributed by atoms with Gasteiger partial charge in [-0.3, -0.25) is 0 Å². The molecule has 4 N–H and O–H groups in total. The summed E-state index contributed by atoms with van der Waals surface area (Å²) in [6.07, 6.45) is 4.44. The largest absolute Gasteiger partial charge is 0.495 e. The Morgan fingerprint density at radius 2 is 2.00 bits per heavy atom. The van der Waals surface area contributed by atoms with Gasteiger partial charge in [-0.1, -0.05) is 11.6 Å².